The topological polar surface area (TPSA) is 63.2 Å². The first-order valence-corrected chi connectivity index (χ1v) is 13.0. The molecule has 2 atom stereocenters. The molecule has 0 fully saturated rings. The van der Waals surface area contributed by atoms with Gasteiger partial charge in [-0.15, -0.1) is 23.1 Å². The normalized spacial score (nSPS) is 14.0. The van der Waals surface area contributed by atoms with Gasteiger partial charge in [-0.25, -0.2) is 8.42 Å². The molecule has 0 bridgehead atoms. The van der Waals surface area contributed by atoms with E-state index in [0.717, 1.165) is 11.3 Å². The zero-order valence-electron chi connectivity index (χ0n) is 16.8. The molecule has 28 heavy (non-hydrogen) atoms. The number of carbonyl (C=O) groups excluding carboxylic acids is 1. The van der Waals surface area contributed by atoms with Gasteiger partial charge in [-0.2, -0.15) is 0 Å². The average molecular weight is 440 g/mol. The van der Waals surface area contributed by atoms with Crippen LogP contribution in [-0.2, 0) is 14.6 Å². The highest BCUT2D eigenvalue weighted by atomic mass is 32.2. The monoisotopic (exact) mass is 439 g/mol. The molecule has 0 spiro atoms. The predicted molar refractivity (Wildman–Crippen MR) is 119 cm³/mol. The van der Waals surface area contributed by atoms with Gasteiger partial charge in [0.15, 0.2) is 9.84 Å². The number of carbonyl (C=O) groups is 1. The van der Waals surface area contributed by atoms with Crippen molar-refractivity contribution in [1.29, 1.82) is 0 Å². The molecule has 2 aromatic rings. The predicted octanol–water partition coefficient (Wildman–Crippen LogP) is 5.32. The summed E-state index contributed by atoms with van der Waals surface area (Å²) in [4.78, 5) is 14.9. The maximum atomic E-state index is 12.8. The molecule has 2 unspecified atom stereocenters. The molecule has 7 heteroatoms. The molecule has 1 N–H and O–H groups in total. The van der Waals surface area contributed by atoms with Crippen molar-refractivity contribution in [3.05, 3.63) is 46.7 Å². The number of sulfone groups is 1. The summed E-state index contributed by atoms with van der Waals surface area (Å²) < 4.78 is 25.1. The van der Waals surface area contributed by atoms with E-state index in [4.69, 9.17) is 0 Å². The summed E-state index contributed by atoms with van der Waals surface area (Å²) >= 11 is 2.94. The fraction of sp³-hybridized carbons (Fsp3) is 0.476. The summed E-state index contributed by atoms with van der Waals surface area (Å²) in [5, 5.41) is 4.78. The van der Waals surface area contributed by atoms with Crippen LogP contribution in [0.2, 0.25) is 0 Å². The number of hydrogen-bond acceptors (Lipinski definition) is 5. The van der Waals surface area contributed by atoms with Crippen LogP contribution in [0.25, 0.3) is 0 Å². The van der Waals surface area contributed by atoms with E-state index in [1.165, 1.54) is 11.8 Å². The van der Waals surface area contributed by atoms with Crippen LogP contribution in [0.3, 0.4) is 0 Å². The fourth-order valence-corrected chi connectivity index (χ4v) is 6.55. The zero-order valence-corrected chi connectivity index (χ0v) is 19.3. The van der Waals surface area contributed by atoms with Gasteiger partial charge in [-0.05, 0) is 49.3 Å². The number of thiophene rings is 1. The molecule has 0 aliphatic heterocycles. The first-order chi connectivity index (χ1) is 13.2. The van der Waals surface area contributed by atoms with Crippen molar-refractivity contribution in [3.63, 3.8) is 0 Å². The number of amides is 1. The van der Waals surface area contributed by atoms with Gasteiger partial charge in [-0.3, -0.25) is 4.79 Å². The van der Waals surface area contributed by atoms with Crippen molar-refractivity contribution in [2.75, 3.05) is 5.75 Å². The van der Waals surface area contributed by atoms with Crippen LogP contribution >= 0.6 is 23.1 Å². The minimum Gasteiger partial charge on any atom is -0.348 e. The highest BCUT2D eigenvalue weighted by molar-refractivity contribution is 8.01. The lowest BCUT2D eigenvalue weighted by Gasteiger charge is -2.22. The van der Waals surface area contributed by atoms with E-state index in [1.807, 2.05) is 37.4 Å². The molecule has 154 valence electrons. The van der Waals surface area contributed by atoms with Crippen molar-refractivity contribution in [2.24, 2.45) is 5.92 Å². The molecule has 0 aliphatic carbocycles. The van der Waals surface area contributed by atoms with Gasteiger partial charge in [0.1, 0.15) is 0 Å². The lowest BCUT2D eigenvalue weighted by Crippen LogP contribution is -2.34. The smallest absolute Gasteiger partial charge is 0.233 e. The number of nitrogens with one attached hydrogen (secondary N) is 1. The molecule has 1 aromatic heterocycles. The van der Waals surface area contributed by atoms with Crippen LogP contribution in [0, 0.1) is 5.92 Å². The summed E-state index contributed by atoms with van der Waals surface area (Å²) in [6.07, 6.45) is 1.43. The highest BCUT2D eigenvalue weighted by Gasteiger charge is 2.24. The van der Waals surface area contributed by atoms with E-state index in [1.54, 1.807) is 29.5 Å². The van der Waals surface area contributed by atoms with Crippen LogP contribution in [0.4, 0.5) is 0 Å². The minimum absolute atomic E-state index is 0.0189. The van der Waals surface area contributed by atoms with Crippen LogP contribution < -0.4 is 5.32 Å². The zero-order chi connectivity index (χ0) is 20.7. The first kappa shape index (κ1) is 23.0. The third-order valence-electron chi connectivity index (χ3n) is 4.24. The Morgan fingerprint density at radius 3 is 2.46 bits per heavy atom. The van der Waals surface area contributed by atoms with E-state index >= 15 is 0 Å². The van der Waals surface area contributed by atoms with Crippen molar-refractivity contribution in [3.8, 4) is 0 Å². The second-order valence-electron chi connectivity index (χ2n) is 7.23. The van der Waals surface area contributed by atoms with Crippen molar-refractivity contribution >= 4 is 38.8 Å². The Bertz CT molecular complexity index is 861. The van der Waals surface area contributed by atoms with Gasteiger partial charge < -0.3 is 5.32 Å². The Kier molecular flexibility index (Phi) is 8.58. The van der Waals surface area contributed by atoms with Gasteiger partial charge >= 0.3 is 0 Å². The molecule has 2 rings (SSSR count). The molecule has 0 radical (unpaired) electrons. The van der Waals surface area contributed by atoms with Gasteiger partial charge in [0.2, 0.25) is 5.91 Å². The van der Waals surface area contributed by atoms with E-state index in [0.29, 0.717) is 22.1 Å². The van der Waals surface area contributed by atoms with Crippen molar-refractivity contribution < 1.29 is 13.2 Å². The van der Waals surface area contributed by atoms with Gasteiger partial charge in [-0.1, -0.05) is 39.0 Å². The average Bonchev–Trinajstić information content (AvgIpc) is 3.15. The molecule has 1 aromatic carbocycles. The lowest BCUT2D eigenvalue weighted by atomic mass is 10.0. The Balaban J connectivity index is 2.14. The molecule has 1 heterocycles. The third-order valence-corrected chi connectivity index (χ3v) is 8.50. The number of hydrogen-bond donors (Lipinski definition) is 1. The largest absolute Gasteiger partial charge is 0.348 e. The molecular weight excluding hydrogens is 410 g/mol. The highest BCUT2D eigenvalue weighted by Crippen LogP contribution is 2.32. The van der Waals surface area contributed by atoms with Crippen LogP contribution in [0.1, 0.15) is 51.5 Å². The van der Waals surface area contributed by atoms with Gasteiger partial charge in [0, 0.05) is 9.77 Å². The number of rotatable bonds is 10. The maximum Gasteiger partial charge on any atom is 0.233 e. The Morgan fingerprint density at radius 2 is 1.86 bits per heavy atom. The Morgan fingerprint density at radius 1 is 1.14 bits per heavy atom. The fourth-order valence-electron chi connectivity index (χ4n) is 2.92. The van der Waals surface area contributed by atoms with Gasteiger partial charge in [0.05, 0.1) is 21.9 Å². The van der Waals surface area contributed by atoms with E-state index in [-0.39, 0.29) is 17.7 Å². The summed E-state index contributed by atoms with van der Waals surface area (Å²) in [6, 6.07) is 11.0. The second kappa shape index (κ2) is 10.5. The molecule has 0 saturated heterocycles. The minimum atomic E-state index is -3.34. The second-order valence-corrected chi connectivity index (χ2v) is 11.7. The molecular formula is C21H29NO3S3. The molecule has 0 aliphatic rings. The summed E-state index contributed by atoms with van der Waals surface area (Å²) in [6.45, 7) is 7.95. The Hall–Kier alpha value is -1.31. The lowest BCUT2D eigenvalue weighted by molar-refractivity contribution is -0.121. The number of benzene rings is 1. The summed E-state index contributed by atoms with van der Waals surface area (Å²) in [7, 11) is -3.34. The van der Waals surface area contributed by atoms with E-state index in [2.05, 4.69) is 19.2 Å². The molecule has 0 saturated carbocycles. The molecule has 4 nitrogen and oxygen atoms in total. The molecule has 1 amide bonds. The number of thioether (sulfide) groups is 1. The van der Waals surface area contributed by atoms with Crippen LogP contribution in [0.15, 0.2) is 51.6 Å². The first-order valence-electron chi connectivity index (χ1n) is 9.56. The SMILES string of the molecule is CCCS(=O)(=O)c1ccccc1SC(C)C(=O)NC(CC(C)C)c1cccs1. The van der Waals surface area contributed by atoms with E-state index < -0.39 is 15.1 Å². The summed E-state index contributed by atoms with van der Waals surface area (Å²) in [5.41, 5.74) is 0. The van der Waals surface area contributed by atoms with E-state index in [9.17, 15) is 13.2 Å². The Labute approximate surface area is 177 Å². The van der Waals surface area contributed by atoms with Crippen molar-refractivity contribution in [1.82, 2.24) is 5.32 Å². The van der Waals surface area contributed by atoms with Gasteiger partial charge in [0.25, 0.3) is 0 Å². The maximum absolute atomic E-state index is 12.8. The summed E-state index contributed by atoms with van der Waals surface area (Å²) in [5.74, 6) is 0.488. The third kappa shape index (κ3) is 6.36. The standard InChI is InChI=1S/C21H29NO3S3/c1-5-13-28(24,25)20-11-7-6-9-19(20)27-16(4)21(23)22-17(14-15(2)3)18-10-8-12-26-18/h6-12,15-17H,5,13-14H2,1-4H3,(H,22,23). The van der Waals surface area contributed by atoms with Crippen LogP contribution in [0.5, 0.6) is 0 Å². The van der Waals surface area contributed by atoms with Crippen molar-refractivity contribution in [2.45, 2.75) is 61.6 Å². The van der Waals surface area contributed by atoms with Crippen LogP contribution in [-0.4, -0.2) is 25.3 Å². The quantitative estimate of drug-likeness (QED) is 0.509.